The Hall–Kier alpha value is -1.81. The second-order valence-corrected chi connectivity index (χ2v) is 8.04. The third-order valence-electron chi connectivity index (χ3n) is 4.97. The van der Waals surface area contributed by atoms with E-state index in [1.165, 1.54) is 11.6 Å². The number of hydrogen-bond acceptors (Lipinski definition) is 2. The van der Waals surface area contributed by atoms with Crippen molar-refractivity contribution in [1.29, 1.82) is 0 Å². The van der Waals surface area contributed by atoms with E-state index in [0.717, 1.165) is 24.1 Å². The molecule has 136 valence electrons. The summed E-state index contributed by atoms with van der Waals surface area (Å²) >= 11 is 12.7. The molecule has 3 nitrogen and oxygen atoms in total. The minimum atomic E-state index is -0.240. The van der Waals surface area contributed by atoms with Gasteiger partial charge in [0.1, 0.15) is 0 Å². The summed E-state index contributed by atoms with van der Waals surface area (Å²) in [7, 11) is 2.09. The number of benzene rings is 2. The van der Waals surface area contributed by atoms with Crippen LogP contribution in [0.3, 0.4) is 0 Å². The lowest BCUT2D eigenvalue weighted by molar-refractivity contribution is -0.111. The first-order chi connectivity index (χ1) is 12.3. The van der Waals surface area contributed by atoms with Gasteiger partial charge in [0.05, 0.1) is 10.7 Å². The molecule has 0 saturated heterocycles. The van der Waals surface area contributed by atoms with E-state index in [1.807, 2.05) is 24.3 Å². The highest BCUT2D eigenvalue weighted by Gasteiger charge is 2.31. The van der Waals surface area contributed by atoms with Gasteiger partial charge in [0, 0.05) is 23.2 Å². The Kier molecular flexibility index (Phi) is 5.42. The van der Waals surface area contributed by atoms with Gasteiger partial charge in [-0.2, -0.15) is 0 Å². The largest absolute Gasteiger partial charge is 0.321 e. The molecule has 0 aliphatic carbocycles. The van der Waals surface area contributed by atoms with Crippen molar-refractivity contribution in [1.82, 2.24) is 4.90 Å². The highest BCUT2D eigenvalue weighted by atomic mass is 35.5. The molecule has 5 heteroatoms. The van der Waals surface area contributed by atoms with Gasteiger partial charge in [0.25, 0.3) is 0 Å². The van der Waals surface area contributed by atoms with Gasteiger partial charge in [-0.3, -0.25) is 9.69 Å². The van der Waals surface area contributed by atoms with Crippen molar-refractivity contribution in [2.45, 2.75) is 32.4 Å². The van der Waals surface area contributed by atoms with Crippen molar-refractivity contribution in [3.63, 3.8) is 0 Å². The molecule has 26 heavy (non-hydrogen) atoms. The molecule has 0 radical (unpaired) electrons. The van der Waals surface area contributed by atoms with Gasteiger partial charge in [0.15, 0.2) is 0 Å². The van der Waals surface area contributed by atoms with E-state index in [-0.39, 0.29) is 11.4 Å². The van der Waals surface area contributed by atoms with Crippen LogP contribution in [0, 0.1) is 0 Å². The summed E-state index contributed by atoms with van der Waals surface area (Å²) in [4.78, 5) is 14.6. The number of nitrogens with zero attached hydrogens (tertiary/aromatic N) is 1. The van der Waals surface area contributed by atoms with E-state index < -0.39 is 0 Å². The Labute approximate surface area is 164 Å². The maximum atomic E-state index is 12.3. The number of amides is 1. The van der Waals surface area contributed by atoms with Crippen LogP contribution in [-0.4, -0.2) is 23.4 Å². The maximum Gasteiger partial charge on any atom is 0.248 e. The number of carbonyl (C=O) groups is 1. The van der Waals surface area contributed by atoms with Crippen molar-refractivity contribution < 1.29 is 4.79 Å². The van der Waals surface area contributed by atoms with E-state index in [9.17, 15) is 4.79 Å². The molecule has 1 heterocycles. The number of fused-ring (bicyclic) bond motifs is 1. The molecule has 1 N–H and O–H groups in total. The Bertz CT molecular complexity index is 874. The molecule has 0 spiro atoms. The predicted octanol–water partition coefficient (Wildman–Crippen LogP) is 5.41. The smallest absolute Gasteiger partial charge is 0.248 e. The monoisotopic (exact) mass is 388 g/mol. The van der Waals surface area contributed by atoms with Crippen molar-refractivity contribution in [3.8, 4) is 0 Å². The van der Waals surface area contributed by atoms with Gasteiger partial charge in [-0.15, -0.1) is 0 Å². The Morgan fingerprint density at radius 3 is 2.65 bits per heavy atom. The summed E-state index contributed by atoms with van der Waals surface area (Å²) < 4.78 is 0. The minimum absolute atomic E-state index is 0.0960. The Morgan fingerprint density at radius 2 is 1.92 bits per heavy atom. The van der Waals surface area contributed by atoms with Crippen molar-refractivity contribution in [3.05, 3.63) is 69.2 Å². The molecule has 2 aromatic carbocycles. The number of hydrogen-bond donors (Lipinski definition) is 1. The summed E-state index contributed by atoms with van der Waals surface area (Å²) in [5, 5.41) is 4.09. The van der Waals surface area contributed by atoms with Crippen LogP contribution < -0.4 is 5.32 Å². The average Bonchev–Trinajstić information content (AvgIpc) is 2.58. The van der Waals surface area contributed by atoms with Crippen LogP contribution in [0.5, 0.6) is 0 Å². The SMILES string of the molecule is CN1Cc2c(ccc(NC(=O)/C=C/c3ccccc3Cl)c2Cl)CC1(C)C. The summed E-state index contributed by atoms with van der Waals surface area (Å²) in [5.74, 6) is -0.240. The molecule has 0 fully saturated rings. The molecular formula is C21H22Cl2N2O. The lowest BCUT2D eigenvalue weighted by Gasteiger charge is -2.41. The van der Waals surface area contributed by atoms with Crippen LogP contribution >= 0.6 is 23.2 Å². The highest BCUT2D eigenvalue weighted by Crippen LogP contribution is 2.37. The summed E-state index contributed by atoms with van der Waals surface area (Å²) in [6, 6.07) is 11.3. The van der Waals surface area contributed by atoms with Crippen LogP contribution in [0.2, 0.25) is 10.0 Å². The molecule has 0 aromatic heterocycles. The van der Waals surface area contributed by atoms with Crippen molar-refractivity contribution >= 4 is 40.9 Å². The molecular weight excluding hydrogens is 367 g/mol. The molecule has 1 aliphatic rings. The number of anilines is 1. The van der Waals surface area contributed by atoms with Gasteiger partial charge in [-0.05, 0) is 62.2 Å². The molecule has 2 aromatic rings. The quantitative estimate of drug-likeness (QED) is 0.712. The second-order valence-electron chi connectivity index (χ2n) is 7.25. The molecule has 3 rings (SSSR count). The zero-order valence-corrected chi connectivity index (χ0v) is 16.7. The molecule has 0 saturated carbocycles. The normalized spacial score (nSPS) is 16.5. The third-order valence-corrected chi connectivity index (χ3v) is 5.75. The van der Waals surface area contributed by atoms with E-state index in [0.29, 0.717) is 15.7 Å². The fourth-order valence-electron chi connectivity index (χ4n) is 3.10. The highest BCUT2D eigenvalue weighted by molar-refractivity contribution is 6.35. The lowest BCUT2D eigenvalue weighted by atomic mass is 9.86. The number of halogens is 2. The standard InChI is InChI=1S/C21H22Cl2N2O/c1-21(2)12-15-8-10-18(20(23)16(15)13-25(21)3)24-19(26)11-9-14-6-4-5-7-17(14)22/h4-11H,12-13H2,1-3H3,(H,24,26)/b11-9+. The first-order valence-corrected chi connectivity index (χ1v) is 9.28. The lowest BCUT2D eigenvalue weighted by Crippen LogP contribution is -2.45. The third kappa shape index (κ3) is 3.96. The zero-order valence-electron chi connectivity index (χ0n) is 15.1. The van der Waals surface area contributed by atoms with Crippen LogP contribution in [0.15, 0.2) is 42.5 Å². The van der Waals surface area contributed by atoms with Gasteiger partial charge < -0.3 is 5.32 Å². The van der Waals surface area contributed by atoms with E-state index in [1.54, 1.807) is 12.1 Å². The second kappa shape index (κ2) is 7.43. The van der Waals surface area contributed by atoms with Gasteiger partial charge in [-0.25, -0.2) is 0 Å². The van der Waals surface area contributed by atoms with Gasteiger partial charge in [0.2, 0.25) is 5.91 Å². The molecule has 0 atom stereocenters. The molecule has 0 bridgehead atoms. The Morgan fingerprint density at radius 1 is 1.19 bits per heavy atom. The fourth-order valence-corrected chi connectivity index (χ4v) is 3.59. The van der Waals surface area contributed by atoms with Gasteiger partial charge in [-0.1, -0.05) is 47.5 Å². The predicted molar refractivity (Wildman–Crippen MR) is 110 cm³/mol. The van der Waals surface area contributed by atoms with Gasteiger partial charge >= 0.3 is 0 Å². The summed E-state index contributed by atoms with van der Waals surface area (Å²) in [6.45, 7) is 5.21. The van der Waals surface area contributed by atoms with Crippen LogP contribution in [-0.2, 0) is 17.8 Å². The molecule has 0 unspecified atom stereocenters. The zero-order chi connectivity index (χ0) is 18.9. The van der Waals surface area contributed by atoms with Crippen LogP contribution in [0.25, 0.3) is 6.08 Å². The van der Waals surface area contributed by atoms with Crippen LogP contribution in [0.1, 0.15) is 30.5 Å². The number of likely N-dealkylation sites (N-methyl/N-ethyl adjacent to an activating group) is 1. The van der Waals surface area contributed by atoms with E-state index >= 15 is 0 Å². The average molecular weight is 389 g/mol. The Balaban J connectivity index is 1.78. The topological polar surface area (TPSA) is 32.3 Å². The number of carbonyl (C=O) groups excluding carboxylic acids is 1. The molecule has 1 amide bonds. The number of rotatable bonds is 3. The van der Waals surface area contributed by atoms with Crippen LogP contribution in [0.4, 0.5) is 5.69 Å². The number of nitrogens with one attached hydrogen (secondary N) is 1. The van der Waals surface area contributed by atoms with Crippen molar-refractivity contribution in [2.24, 2.45) is 0 Å². The summed E-state index contributed by atoms with van der Waals surface area (Å²) in [6.07, 6.45) is 4.09. The minimum Gasteiger partial charge on any atom is -0.321 e. The summed E-state index contributed by atoms with van der Waals surface area (Å²) in [5.41, 5.74) is 3.85. The van der Waals surface area contributed by atoms with Crippen molar-refractivity contribution in [2.75, 3.05) is 12.4 Å². The van der Waals surface area contributed by atoms with E-state index in [2.05, 4.69) is 37.2 Å². The van der Waals surface area contributed by atoms with E-state index in [4.69, 9.17) is 23.2 Å². The first kappa shape index (κ1) is 19.0. The first-order valence-electron chi connectivity index (χ1n) is 8.53. The molecule has 1 aliphatic heterocycles. The fraction of sp³-hybridized carbons (Fsp3) is 0.286. The maximum absolute atomic E-state index is 12.3.